The first-order valence-electron chi connectivity index (χ1n) is 8.40. The Morgan fingerprint density at radius 1 is 1.22 bits per heavy atom. The third-order valence-corrected chi connectivity index (χ3v) is 4.18. The lowest BCUT2D eigenvalue weighted by molar-refractivity contribution is 0.112. The van der Waals surface area contributed by atoms with E-state index >= 15 is 0 Å². The maximum Gasteiger partial charge on any atom is 0.222 e. The number of carbonyl (C=O) groups excluding carboxylic acids is 1. The molecule has 6 N–H and O–H groups in total. The average Bonchev–Trinajstić information content (AvgIpc) is 3.05. The minimum Gasteiger partial charge on any atom is -0.492 e. The summed E-state index contributed by atoms with van der Waals surface area (Å²) in [6.07, 6.45) is 0.776. The molecule has 8 nitrogen and oxygen atoms in total. The van der Waals surface area contributed by atoms with Gasteiger partial charge in [-0.2, -0.15) is 4.98 Å². The van der Waals surface area contributed by atoms with E-state index in [1.54, 1.807) is 30.3 Å². The number of fused-ring (bicyclic) bond motifs is 3. The van der Waals surface area contributed by atoms with Crippen LogP contribution in [0.15, 0.2) is 30.3 Å². The number of hydrogen-bond donors (Lipinski definition) is 3. The molecule has 140 valence electrons. The Balaban J connectivity index is 0.00000102. The van der Waals surface area contributed by atoms with Crippen LogP contribution in [-0.4, -0.2) is 29.9 Å². The summed E-state index contributed by atoms with van der Waals surface area (Å²) >= 11 is 0. The lowest BCUT2D eigenvalue weighted by atomic mass is 9.99. The highest BCUT2D eigenvalue weighted by Gasteiger charge is 2.29. The van der Waals surface area contributed by atoms with E-state index in [1.807, 2.05) is 6.92 Å². The van der Waals surface area contributed by atoms with Gasteiger partial charge in [0.25, 0.3) is 0 Å². The Hall–Kier alpha value is -3.39. The fourth-order valence-corrected chi connectivity index (χ4v) is 3.07. The molecular formula is C19H21N5O3. The molecule has 27 heavy (non-hydrogen) atoms. The zero-order chi connectivity index (χ0) is 19.6. The van der Waals surface area contributed by atoms with E-state index < -0.39 is 0 Å². The highest BCUT2D eigenvalue weighted by Crippen LogP contribution is 2.47. The maximum absolute atomic E-state index is 11.0. The van der Waals surface area contributed by atoms with Gasteiger partial charge >= 0.3 is 0 Å². The van der Waals surface area contributed by atoms with Crippen LogP contribution in [0.25, 0.3) is 10.9 Å². The van der Waals surface area contributed by atoms with Crippen LogP contribution >= 0.6 is 0 Å². The van der Waals surface area contributed by atoms with Crippen LogP contribution in [0.1, 0.15) is 28.8 Å². The van der Waals surface area contributed by atoms with E-state index in [2.05, 4.69) is 15.7 Å². The van der Waals surface area contributed by atoms with Crippen molar-refractivity contribution in [1.29, 1.82) is 0 Å². The summed E-state index contributed by atoms with van der Waals surface area (Å²) in [6.45, 7) is 2.56. The number of rotatable bonds is 3. The molecule has 0 spiro atoms. The lowest BCUT2D eigenvalue weighted by Crippen LogP contribution is -2.02. The van der Waals surface area contributed by atoms with Gasteiger partial charge in [-0.25, -0.2) is 4.98 Å². The van der Waals surface area contributed by atoms with Crippen LogP contribution in [0.3, 0.4) is 0 Å². The third-order valence-electron chi connectivity index (χ3n) is 4.18. The van der Waals surface area contributed by atoms with Crippen LogP contribution in [0, 0.1) is 0 Å². The van der Waals surface area contributed by atoms with Crippen LogP contribution in [0.4, 0.5) is 11.8 Å². The minimum atomic E-state index is 0.0879. The molecule has 4 rings (SSSR count). The molecular weight excluding hydrogens is 346 g/mol. The first kappa shape index (κ1) is 18.4. The smallest absolute Gasteiger partial charge is 0.222 e. The van der Waals surface area contributed by atoms with Gasteiger partial charge in [0.15, 0.2) is 0 Å². The number of nitrogens with zero attached hydrogens (tertiary/aromatic N) is 2. The predicted molar refractivity (Wildman–Crippen MR) is 104 cm³/mol. The number of nitrogens with two attached hydrogens (primary N) is 3. The fraction of sp³-hybridized carbons (Fsp3) is 0.211. The SMILES string of the molecule is CC1COc2c1c(Oc1cccc(C=O)c1)cc1nc(N)nc(N)c21.CN. The summed E-state index contributed by atoms with van der Waals surface area (Å²) < 4.78 is 11.9. The summed E-state index contributed by atoms with van der Waals surface area (Å²) in [5.41, 5.74) is 18.2. The standard InChI is InChI=1S/C18H16N4O3.CH5N/c1-9-8-24-16-14(9)13(25-11-4-2-3-10(5-11)7-23)6-12-15(16)17(19)22-18(20)21-12;1-2/h2-7,9H,8H2,1H3,(H4,19,20,21,22);2H2,1H3. The van der Waals surface area contributed by atoms with E-state index in [1.165, 1.54) is 7.05 Å². The molecule has 1 aliphatic heterocycles. The van der Waals surface area contributed by atoms with E-state index in [4.69, 9.17) is 20.9 Å². The molecule has 1 atom stereocenters. The molecule has 0 saturated heterocycles. The van der Waals surface area contributed by atoms with Gasteiger partial charge in [0.05, 0.1) is 17.5 Å². The van der Waals surface area contributed by atoms with Gasteiger partial charge in [-0.05, 0) is 19.2 Å². The minimum absolute atomic E-state index is 0.0879. The second kappa shape index (κ2) is 7.46. The van der Waals surface area contributed by atoms with Crippen molar-refractivity contribution >= 4 is 29.0 Å². The normalized spacial score (nSPS) is 14.7. The summed E-state index contributed by atoms with van der Waals surface area (Å²) in [4.78, 5) is 19.3. The molecule has 1 aliphatic rings. The molecule has 0 radical (unpaired) electrons. The van der Waals surface area contributed by atoms with Crippen LogP contribution in [0.5, 0.6) is 17.2 Å². The number of anilines is 2. The van der Waals surface area contributed by atoms with Crippen LogP contribution in [0.2, 0.25) is 0 Å². The maximum atomic E-state index is 11.0. The highest BCUT2D eigenvalue weighted by atomic mass is 16.5. The first-order valence-corrected chi connectivity index (χ1v) is 8.40. The Kier molecular flexibility index (Phi) is 5.09. The Bertz CT molecular complexity index is 1010. The molecule has 8 heteroatoms. The molecule has 0 bridgehead atoms. The second-order valence-corrected chi connectivity index (χ2v) is 5.98. The first-order chi connectivity index (χ1) is 13.1. The van der Waals surface area contributed by atoms with E-state index in [0.717, 1.165) is 11.8 Å². The molecule has 0 amide bonds. The number of carbonyl (C=O) groups is 1. The Morgan fingerprint density at radius 3 is 2.74 bits per heavy atom. The molecule has 0 saturated carbocycles. The van der Waals surface area contributed by atoms with Crippen molar-refractivity contribution in [3.05, 3.63) is 41.5 Å². The molecule has 0 fully saturated rings. The second-order valence-electron chi connectivity index (χ2n) is 5.98. The number of nitrogen functional groups attached to an aromatic ring is 2. The van der Waals surface area contributed by atoms with Crippen molar-refractivity contribution in [2.45, 2.75) is 12.8 Å². The van der Waals surface area contributed by atoms with Gasteiger partial charge in [-0.15, -0.1) is 0 Å². The monoisotopic (exact) mass is 367 g/mol. The fourth-order valence-electron chi connectivity index (χ4n) is 3.07. The Labute approximate surface area is 156 Å². The largest absolute Gasteiger partial charge is 0.492 e. The summed E-state index contributed by atoms with van der Waals surface area (Å²) in [7, 11) is 1.50. The number of aldehydes is 1. The van der Waals surface area contributed by atoms with Gasteiger partial charge in [-0.1, -0.05) is 19.1 Å². The quantitative estimate of drug-likeness (QED) is 0.600. The summed E-state index contributed by atoms with van der Waals surface area (Å²) in [5.74, 6) is 2.28. The van der Waals surface area contributed by atoms with Gasteiger partial charge in [-0.3, -0.25) is 4.79 Å². The van der Waals surface area contributed by atoms with E-state index in [-0.39, 0.29) is 17.7 Å². The molecule has 3 aromatic rings. The number of hydrogen-bond acceptors (Lipinski definition) is 8. The number of benzene rings is 2. The lowest BCUT2D eigenvalue weighted by Gasteiger charge is -2.14. The molecule has 1 aromatic heterocycles. The van der Waals surface area contributed by atoms with Crippen LogP contribution < -0.4 is 26.7 Å². The van der Waals surface area contributed by atoms with Crippen LogP contribution in [-0.2, 0) is 0 Å². The zero-order valence-electron chi connectivity index (χ0n) is 15.1. The predicted octanol–water partition coefficient (Wildman–Crippen LogP) is 2.47. The van der Waals surface area contributed by atoms with Gasteiger partial charge in [0.2, 0.25) is 5.95 Å². The highest BCUT2D eigenvalue weighted by molar-refractivity contribution is 5.97. The van der Waals surface area contributed by atoms with E-state index in [0.29, 0.717) is 40.3 Å². The van der Waals surface area contributed by atoms with Gasteiger partial charge < -0.3 is 26.7 Å². The zero-order valence-corrected chi connectivity index (χ0v) is 15.1. The Morgan fingerprint density at radius 2 is 2.00 bits per heavy atom. The van der Waals surface area contributed by atoms with Crippen molar-refractivity contribution in [1.82, 2.24) is 9.97 Å². The van der Waals surface area contributed by atoms with E-state index in [9.17, 15) is 4.79 Å². The topological polar surface area (TPSA) is 139 Å². The summed E-state index contributed by atoms with van der Waals surface area (Å²) in [6, 6.07) is 8.71. The van der Waals surface area contributed by atoms with Crippen molar-refractivity contribution in [2.75, 3.05) is 25.1 Å². The van der Waals surface area contributed by atoms with Crippen molar-refractivity contribution in [3.8, 4) is 17.2 Å². The van der Waals surface area contributed by atoms with Crippen molar-refractivity contribution < 1.29 is 14.3 Å². The molecule has 2 heterocycles. The van der Waals surface area contributed by atoms with Crippen molar-refractivity contribution in [2.24, 2.45) is 5.73 Å². The molecule has 2 aromatic carbocycles. The molecule has 1 unspecified atom stereocenters. The number of ether oxygens (including phenoxy) is 2. The molecule has 0 aliphatic carbocycles. The summed E-state index contributed by atoms with van der Waals surface area (Å²) in [5, 5.41) is 0.641. The van der Waals surface area contributed by atoms with Gasteiger partial charge in [0.1, 0.15) is 29.4 Å². The third kappa shape index (κ3) is 3.34. The van der Waals surface area contributed by atoms with Gasteiger partial charge in [0, 0.05) is 23.1 Å². The number of aromatic nitrogens is 2. The van der Waals surface area contributed by atoms with Crippen molar-refractivity contribution in [3.63, 3.8) is 0 Å². The average molecular weight is 367 g/mol.